The summed E-state index contributed by atoms with van der Waals surface area (Å²) in [6, 6.07) is 6.97. The molecule has 1 heterocycles. The van der Waals surface area contributed by atoms with Gasteiger partial charge in [0, 0.05) is 11.6 Å². The summed E-state index contributed by atoms with van der Waals surface area (Å²) in [4.78, 5) is 0. The maximum Gasteiger partial charge on any atom is 0.118 e. The van der Waals surface area contributed by atoms with Crippen LogP contribution in [0.4, 0.5) is 0 Å². The molecule has 0 unspecified atom stereocenters. The molecular weight excluding hydrogens is 214 g/mol. The van der Waals surface area contributed by atoms with Crippen molar-refractivity contribution >= 4 is 11.6 Å². The Balaban J connectivity index is 2.30. The number of hydrogen-bond acceptors (Lipinski definition) is 3. The number of nitrogens with one attached hydrogen (secondary N) is 1. The Hall–Kier alpha value is -0.610. The molecule has 0 amide bonds. The van der Waals surface area contributed by atoms with Crippen molar-refractivity contribution in [3.63, 3.8) is 0 Å². The van der Waals surface area contributed by atoms with Gasteiger partial charge in [-0.05, 0) is 30.7 Å². The van der Waals surface area contributed by atoms with Crippen LogP contribution in [-0.4, -0.2) is 29.4 Å². The van der Waals surface area contributed by atoms with Gasteiger partial charge in [-0.2, -0.15) is 0 Å². The number of hydrogen-bond donors (Lipinski definition) is 3. The van der Waals surface area contributed by atoms with Gasteiger partial charge in [0.25, 0.3) is 0 Å². The molecular formula is C11H14ClNO2. The molecule has 1 aliphatic rings. The molecule has 1 aliphatic heterocycles. The predicted octanol–water partition coefficient (Wildman–Crippen LogP) is 0.882. The van der Waals surface area contributed by atoms with Crippen molar-refractivity contribution in [1.29, 1.82) is 0 Å². The van der Waals surface area contributed by atoms with E-state index in [0.29, 0.717) is 24.5 Å². The standard InChI is InChI=1S/C11H14ClNO2/c12-9-3-1-8(2-4-9)11(15)5-6-13-7-10(11)14/h1-4,10,13-15H,5-7H2/t10-,11-/m1/s1. The first kappa shape index (κ1) is 10.9. The van der Waals surface area contributed by atoms with E-state index in [1.54, 1.807) is 24.3 Å². The molecule has 0 aliphatic carbocycles. The maximum atomic E-state index is 10.4. The summed E-state index contributed by atoms with van der Waals surface area (Å²) in [5.41, 5.74) is -0.420. The van der Waals surface area contributed by atoms with Gasteiger partial charge in [-0.15, -0.1) is 0 Å². The van der Waals surface area contributed by atoms with Gasteiger partial charge in [-0.3, -0.25) is 0 Å². The summed E-state index contributed by atoms with van der Waals surface area (Å²) >= 11 is 5.78. The molecule has 1 aromatic carbocycles. The third-order valence-corrected chi connectivity index (χ3v) is 3.17. The summed E-state index contributed by atoms with van der Waals surface area (Å²) in [6.07, 6.45) is -0.261. The van der Waals surface area contributed by atoms with Crippen LogP contribution in [0, 0.1) is 0 Å². The van der Waals surface area contributed by atoms with Gasteiger partial charge in [-0.1, -0.05) is 23.7 Å². The van der Waals surface area contributed by atoms with Crippen LogP contribution in [0.1, 0.15) is 12.0 Å². The van der Waals surface area contributed by atoms with Crippen LogP contribution in [-0.2, 0) is 5.60 Å². The zero-order valence-electron chi connectivity index (χ0n) is 8.28. The molecule has 15 heavy (non-hydrogen) atoms. The Kier molecular flexibility index (Phi) is 2.98. The molecule has 82 valence electrons. The number of halogens is 1. The Morgan fingerprint density at radius 1 is 1.33 bits per heavy atom. The second-order valence-electron chi connectivity index (χ2n) is 3.90. The molecule has 1 aromatic rings. The topological polar surface area (TPSA) is 52.5 Å². The van der Waals surface area contributed by atoms with E-state index in [2.05, 4.69) is 5.32 Å². The van der Waals surface area contributed by atoms with Crippen LogP contribution in [0.3, 0.4) is 0 Å². The first-order valence-corrected chi connectivity index (χ1v) is 5.38. The number of piperidine rings is 1. The van der Waals surface area contributed by atoms with Crippen molar-refractivity contribution in [3.8, 4) is 0 Å². The SMILES string of the molecule is O[C@@H]1CNCC[C@@]1(O)c1ccc(Cl)cc1. The lowest BCUT2D eigenvalue weighted by Crippen LogP contribution is -2.51. The molecule has 1 saturated heterocycles. The minimum atomic E-state index is -1.14. The molecule has 3 N–H and O–H groups in total. The van der Waals surface area contributed by atoms with Gasteiger partial charge in [0.05, 0.1) is 6.10 Å². The van der Waals surface area contributed by atoms with Crippen molar-refractivity contribution in [2.45, 2.75) is 18.1 Å². The lowest BCUT2D eigenvalue weighted by Gasteiger charge is -2.37. The maximum absolute atomic E-state index is 10.4. The molecule has 0 bridgehead atoms. The average Bonchev–Trinajstić information content (AvgIpc) is 2.23. The van der Waals surface area contributed by atoms with Crippen molar-refractivity contribution in [2.24, 2.45) is 0 Å². The molecule has 3 nitrogen and oxygen atoms in total. The Labute approximate surface area is 93.7 Å². The second-order valence-corrected chi connectivity index (χ2v) is 4.34. The van der Waals surface area contributed by atoms with E-state index >= 15 is 0 Å². The molecule has 4 heteroatoms. The molecule has 0 radical (unpaired) electrons. The van der Waals surface area contributed by atoms with E-state index < -0.39 is 11.7 Å². The highest BCUT2D eigenvalue weighted by Crippen LogP contribution is 2.31. The van der Waals surface area contributed by atoms with Crippen LogP contribution >= 0.6 is 11.6 Å². The number of β-amino-alcohol motifs (C(OH)–C–C–N with tert-alkyl or cyclic N) is 1. The molecule has 0 spiro atoms. The van der Waals surface area contributed by atoms with Crippen molar-refractivity contribution in [3.05, 3.63) is 34.9 Å². The molecule has 2 rings (SSSR count). The molecule has 2 atom stereocenters. The van der Waals surface area contributed by atoms with E-state index in [9.17, 15) is 10.2 Å². The normalized spacial score (nSPS) is 31.5. The van der Waals surface area contributed by atoms with E-state index in [1.807, 2.05) is 0 Å². The minimum absolute atomic E-state index is 0.416. The summed E-state index contributed by atoms with van der Waals surface area (Å²) in [7, 11) is 0. The Morgan fingerprint density at radius 3 is 2.60 bits per heavy atom. The van der Waals surface area contributed by atoms with Gasteiger partial charge in [0.15, 0.2) is 0 Å². The number of aliphatic hydroxyl groups excluding tert-OH is 1. The fraction of sp³-hybridized carbons (Fsp3) is 0.455. The van der Waals surface area contributed by atoms with Crippen LogP contribution < -0.4 is 5.32 Å². The van der Waals surface area contributed by atoms with Gasteiger partial charge < -0.3 is 15.5 Å². The van der Waals surface area contributed by atoms with E-state index in [-0.39, 0.29) is 0 Å². The minimum Gasteiger partial charge on any atom is -0.388 e. The Bertz CT molecular complexity index is 341. The second kappa shape index (κ2) is 4.10. The number of rotatable bonds is 1. The van der Waals surface area contributed by atoms with Crippen LogP contribution in [0.25, 0.3) is 0 Å². The monoisotopic (exact) mass is 227 g/mol. The third kappa shape index (κ3) is 2.01. The predicted molar refractivity (Wildman–Crippen MR) is 58.8 cm³/mol. The van der Waals surface area contributed by atoms with Gasteiger partial charge in [0.2, 0.25) is 0 Å². The fourth-order valence-electron chi connectivity index (χ4n) is 1.93. The van der Waals surface area contributed by atoms with Crippen molar-refractivity contribution < 1.29 is 10.2 Å². The highest BCUT2D eigenvalue weighted by molar-refractivity contribution is 6.30. The van der Waals surface area contributed by atoms with Gasteiger partial charge in [-0.25, -0.2) is 0 Å². The summed E-state index contributed by atoms with van der Waals surface area (Å²) < 4.78 is 0. The first-order chi connectivity index (χ1) is 7.13. The first-order valence-electron chi connectivity index (χ1n) is 5.00. The summed E-state index contributed by atoms with van der Waals surface area (Å²) in [5, 5.41) is 23.8. The van der Waals surface area contributed by atoms with Crippen LogP contribution in [0.2, 0.25) is 5.02 Å². The van der Waals surface area contributed by atoms with E-state index in [1.165, 1.54) is 0 Å². The Morgan fingerprint density at radius 2 is 2.00 bits per heavy atom. The van der Waals surface area contributed by atoms with Crippen molar-refractivity contribution in [1.82, 2.24) is 5.32 Å². The summed E-state index contributed by atoms with van der Waals surface area (Å²) in [6.45, 7) is 1.12. The third-order valence-electron chi connectivity index (χ3n) is 2.92. The van der Waals surface area contributed by atoms with Crippen LogP contribution in [0.15, 0.2) is 24.3 Å². The van der Waals surface area contributed by atoms with Crippen LogP contribution in [0.5, 0.6) is 0 Å². The zero-order valence-corrected chi connectivity index (χ0v) is 9.04. The highest BCUT2D eigenvalue weighted by Gasteiger charge is 2.39. The smallest absolute Gasteiger partial charge is 0.118 e. The van der Waals surface area contributed by atoms with Crippen molar-refractivity contribution in [2.75, 3.05) is 13.1 Å². The lowest BCUT2D eigenvalue weighted by atomic mass is 9.83. The highest BCUT2D eigenvalue weighted by atomic mass is 35.5. The van der Waals surface area contributed by atoms with Gasteiger partial charge in [0.1, 0.15) is 5.60 Å². The molecule has 1 fully saturated rings. The van der Waals surface area contributed by atoms with Gasteiger partial charge >= 0.3 is 0 Å². The fourth-order valence-corrected chi connectivity index (χ4v) is 2.05. The number of benzene rings is 1. The number of aliphatic hydroxyl groups is 2. The van der Waals surface area contributed by atoms with E-state index in [0.717, 1.165) is 5.56 Å². The lowest BCUT2D eigenvalue weighted by molar-refractivity contribution is -0.0976. The zero-order chi connectivity index (χ0) is 10.9. The molecule has 0 saturated carbocycles. The summed E-state index contributed by atoms with van der Waals surface area (Å²) in [5.74, 6) is 0. The largest absolute Gasteiger partial charge is 0.388 e. The van der Waals surface area contributed by atoms with E-state index in [4.69, 9.17) is 11.6 Å². The quantitative estimate of drug-likeness (QED) is 0.668. The molecule has 0 aromatic heterocycles. The average molecular weight is 228 g/mol.